The summed E-state index contributed by atoms with van der Waals surface area (Å²) in [6.07, 6.45) is 0. The molecule has 2 aromatic carbocycles. The highest BCUT2D eigenvalue weighted by atomic mass is 79.9. The van der Waals surface area contributed by atoms with Crippen LogP contribution in [0.2, 0.25) is 0 Å². The van der Waals surface area contributed by atoms with E-state index in [0.717, 1.165) is 0 Å². The lowest BCUT2D eigenvalue weighted by molar-refractivity contribution is 0.0698. The van der Waals surface area contributed by atoms with E-state index in [1.165, 1.54) is 6.07 Å². The van der Waals surface area contributed by atoms with Crippen LogP contribution in [0.5, 0.6) is 5.75 Å². The predicted octanol–water partition coefficient (Wildman–Crippen LogP) is 5.02. The SMILES string of the molecule is CCOC(=O)Cl.O=C(O)c1c(CS(=O)c2ccccc2)[nH]c2cc(Br)c(O)cc12. The number of aromatic carboxylic acids is 1. The summed E-state index contributed by atoms with van der Waals surface area (Å²) in [7, 11) is -1.37. The van der Waals surface area contributed by atoms with Crippen molar-refractivity contribution in [2.75, 3.05) is 6.61 Å². The summed E-state index contributed by atoms with van der Waals surface area (Å²) in [6.45, 7) is 2.04. The molecule has 0 radical (unpaired) electrons. The normalized spacial score (nSPS) is 11.4. The number of aromatic amines is 1. The standard InChI is InChI=1S/C16H12BrNO4S.C3H5ClO2/c17-11-7-12-10(6-14(11)19)15(16(20)21)13(18-12)8-23(22)9-4-2-1-3-5-9;1-2-6-3(4)5/h1-7,18-19H,8H2,(H,20,21);2H2,1H3. The van der Waals surface area contributed by atoms with E-state index < -0.39 is 22.2 Å². The number of benzene rings is 2. The molecule has 0 aliphatic rings. The largest absolute Gasteiger partial charge is 0.507 e. The van der Waals surface area contributed by atoms with Crippen LogP contribution < -0.4 is 0 Å². The molecule has 1 heterocycles. The number of H-pyrrole nitrogens is 1. The highest BCUT2D eigenvalue weighted by Gasteiger charge is 2.21. The van der Waals surface area contributed by atoms with Gasteiger partial charge in [-0.1, -0.05) is 18.2 Å². The van der Waals surface area contributed by atoms with Crippen molar-refractivity contribution < 1.29 is 28.7 Å². The first kappa shape index (κ1) is 22.9. The third-order valence-electron chi connectivity index (χ3n) is 3.70. The second kappa shape index (κ2) is 10.4. The number of fused-ring (bicyclic) bond motifs is 1. The Morgan fingerprint density at radius 2 is 1.90 bits per heavy atom. The van der Waals surface area contributed by atoms with Gasteiger partial charge in [-0.15, -0.1) is 0 Å². The molecule has 0 bridgehead atoms. The lowest BCUT2D eigenvalue weighted by Crippen LogP contribution is -2.04. The minimum Gasteiger partial charge on any atom is -0.507 e. The number of phenols is 1. The van der Waals surface area contributed by atoms with Gasteiger partial charge in [-0.25, -0.2) is 9.59 Å². The number of ether oxygens (including phenoxy) is 1. The molecule has 0 fully saturated rings. The number of carboxylic acid groups (broad SMARTS) is 1. The number of aromatic nitrogens is 1. The summed E-state index contributed by atoms with van der Waals surface area (Å²) < 4.78 is 17.1. The third-order valence-corrected chi connectivity index (χ3v) is 5.79. The zero-order valence-electron chi connectivity index (χ0n) is 15.1. The number of aromatic hydroxyl groups is 1. The first-order chi connectivity index (χ1) is 13.7. The summed E-state index contributed by atoms with van der Waals surface area (Å²) >= 11 is 7.91. The van der Waals surface area contributed by atoms with Crippen LogP contribution in [0.1, 0.15) is 23.0 Å². The van der Waals surface area contributed by atoms with Crippen molar-refractivity contribution in [1.82, 2.24) is 4.98 Å². The molecule has 7 nitrogen and oxygen atoms in total. The molecule has 3 rings (SSSR count). The highest BCUT2D eigenvalue weighted by molar-refractivity contribution is 9.10. The Balaban J connectivity index is 0.000000438. The minimum absolute atomic E-state index is 0.0343. The molecular weight excluding hydrogens is 486 g/mol. The second-order valence-corrected chi connectivity index (χ2v) is 8.22. The van der Waals surface area contributed by atoms with Crippen LogP contribution in [0, 0.1) is 0 Å². The molecule has 3 N–H and O–H groups in total. The Morgan fingerprint density at radius 1 is 1.24 bits per heavy atom. The predicted molar refractivity (Wildman–Crippen MR) is 114 cm³/mol. The zero-order chi connectivity index (χ0) is 21.6. The van der Waals surface area contributed by atoms with Gasteiger partial charge in [0.1, 0.15) is 5.75 Å². The number of carbonyl (C=O) groups is 2. The van der Waals surface area contributed by atoms with E-state index in [1.54, 1.807) is 37.3 Å². The number of carbonyl (C=O) groups excluding carboxylic acids is 1. The van der Waals surface area contributed by atoms with E-state index in [2.05, 4.69) is 25.7 Å². The summed E-state index contributed by atoms with van der Waals surface area (Å²) in [5.41, 5.74) is 0.226. The number of rotatable bonds is 5. The smallest absolute Gasteiger partial charge is 0.403 e. The van der Waals surface area contributed by atoms with E-state index in [1.807, 2.05) is 6.07 Å². The van der Waals surface area contributed by atoms with E-state index in [4.69, 9.17) is 11.6 Å². The fourth-order valence-corrected chi connectivity index (χ4v) is 4.07. The molecule has 10 heteroatoms. The van der Waals surface area contributed by atoms with E-state index in [0.29, 0.717) is 32.6 Å². The Bertz CT molecular complexity index is 1050. The van der Waals surface area contributed by atoms with Gasteiger partial charge in [-0.2, -0.15) is 0 Å². The van der Waals surface area contributed by atoms with Gasteiger partial charge in [-0.05, 0) is 47.1 Å². The summed E-state index contributed by atoms with van der Waals surface area (Å²) in [6, 6.07) is 11.9. The Labute approximate surface area is 182 Å². The van der Waals surface area contributed by atoms with Gasteiger partial charge in [0, 0.05) is 33.1 Å². The summed E-state index contributed by atoms with van der Waals surface area (Å²) in [5.74, 6) is -1.12. The Hall–Kier alpha value is -2.36. The summed E-state index contributed by atoms with van der Waals surface area (Å²) in [5, 5.41) is 19.7. The van der Waals surface area contributed by atoms with Crippen molar-refractivity contribution in [3.05, 3.63) is 58.2 Å². The average molecular weight is 503 g/mol. The number of phenolic OH excluding ortho intramolecular Hbond substituents is 1. The maximum atomic E-state index is 12.4. The van der Waals surface area contributed by atoms with Crippen LogP contribution in [0.4, 0.5) is 4.79 Å². The molecule has 1 aromatic heterocycles. The number of halogens is 2. The molecule has 3 aromatic rings. The molecule has 0 amide bonds. The van der Waals surface area contributed by atoms with Crippen molar-refractivity contribution in [1.29, 1.82) is 0 Å². The minimum atomic E-state index is -1.37. The number of nitrogens with one attached hydrogen (secondary N) is 1. The van der Waals surface area contributed by atoms with Crippen molar-refractivity contribution in [2.45, 2.75) is 17.6 Å². The molecule has 1 unspecified atom stereocenters. The van der Waals surface area contributed by atoms with Crippen LogP contribution in [0.3, 0.4) is 0 Å². The summed E-state index contributed by atoms with van der Waals surface area (Å²) in [4.78, 5) is 24.8. The molecule has 0 aliphatic carbocycles. The van der Waals surface area contributed by atoms with Gasteiger partial charge in [-0.3, -0.25) is 4.21 Å². The number of hydrogen-bond acceptors (Lipinski definition) is 5. The fourth-order valence-electron chi connectivity index (χ4n) is 2.51. The van der Waals surface area contributed by atoms with Crippen molar-refractivity contribution in [3.63, 3.8) is 0 Å². The quantitative estimate of drug-likeness (QED) is 0.422. The van der Waals surface area contributed by atoms with Gasteiger partial charge >= 0.3 is 11.4 Å². The average Bonchev–Trinajstić information content (AvgIpc) is 3.00. The van der Waals surface area contributed by atoms with E-state index >= 15 is 0 Å². The molecule has 0 saturated heterocycles. The second-order valence-electron chi connectivity index (χ2n) is 5.61. The highest BCUT2D eigenvalue weighted by Crippen LogP contribution is 2.33. The van der Waals surface area contributed by atoms with Crippen LogP contribution in [-0.4, -0.2) is 37.4 Å². The van der Waals surface area contributed by atoms with Gasteiger partial charge in [0.25, 0.3) is 0 Å². The van der Waals surface area contributed by atoms with E-state index in [-0.39, 0.29) is 17.1 Å². The number of carboxylic acids is 1. The molecule has 29 heavy (non-hydrogen) atoms. The molecule has 154 valence electrons. The van der Waals surface area contributed by atoms with Crippen LogP contribution >= 0.6 is 27.5 Å². The van der Waals surface area contributed by atoms with Crippen LogP contribution in [0.25, 0.3) is 10.9 Å². The molecule has 0 saturated carbocycles. The van der Waals surface area contributed by atoms with Gasteiger partial charge < -0.3 is 19.9 Å². The number of hydrogen-bond donors (Lipinski definition) is 3. The zero-order valence-corrected chi connectivity index (χ0v) is 18.3. The molecule has 1 atom stereocenters. The van der Waals surface area contributed by atoms with Crippen molar-refractivity contribution in [3.8, 4) is 5.75 Å². The maximum Gasteiger partial charge on any atom is 0.403 e. The first-order valence-corrected chi connectivity index (χ1v) is 10.8. The first-order valence-electron chi connectivity index (χ1n) is 8.26. The Morgan fingerprint density at radius 3 is 2.41 bits per heavy atom. The Kier molecular flexibility index (Phi) is 8.24. The lowest BCUT2D eigenvalue weighted by Gasteiger charge is -2.02. The molecule has 0 spiro atoms. The molecular formula is C19H17BrClNO6S. The van der Waals surface area contributed by atoms with Gasteiger partial charge in [0.2, 0.25) is 0 Å². The van der Waals surface area contributed by atoms with Crippen LogP contribution in [-0.2, 0) is 21.3 Å². The maximum absolute atomic E-state index is 12.4. The third kappa shape index (κ3) is 6.06. The monoisotopic (exact) mass is 501 g/mol. The van der Waals surface area contributed by atoms with Crippen LogP contribution in [0.15, 0.2) is 51.8 Å². The van der Waals surface area contributed by atoms with Gasteiger partial charge in [0.15, 0.2) is 0 Å². The van der Waals surface area contributed by atoms with Gasteiger partial charge in [0.05, 0.1) is 33.2 Å². The fraction of sp³-hybridized carbons (Fsp3) is 0.158. The van der Waals surface area contributed by atoms with E-state index in [9.17, 15) is 24.0 Å². The molecule has 0 aliphatic heterocycles. The lowest BCUT2D eigenvalue weighted by atomic mass is 10.1. The van der Waals surface area contributed by atoms with Crippen molar-refractivity contribution in [2.24, 2.45) is 0 Å². The van der Waals surface area contributed by atoms with Crippen molar-refractivity contribution >= 4 is 60.6 Å². The topological polar surface area (TPSA) is 117 Å².